The summed E-state index contributed by atoms with van der Waals surface area (Å²) in [7, 11) is -4.02. The summed E-state index contributed by atoms with van der Waals surface area (Å²) in [6.07, 6.45) is -3.08. The third-order valence-electron chi connectivity index (χ3n) is 3.59. The monoisotopic (exact) mass is 428 g/mol. The van der Waals surface area contributed by atoms with E-state index in [9.17, 15) is 31.2 Å². The van der Waals surface area contributed by atoms with Crippen LogP contribution in [0.3, 0.4) is 0 Å². The van der Waals surface area contributed by atoms with Crippen LogP contribution in [0.2, 0.25) is 0 Å². The molecule has 28 heavy (non-hydrogen) atoms. The van der Waals surface area contributed by atoms with Gasteiger partial charge in [0.1, 0.15) is 0 Å². The maximum atomic E-state index is 12.6. The van der Waals surface area contributed by atoms with E-state index in [1.807, 2.05) is 0 Å². The number of thioether (sulfide) groups is 1. The topological polar surface area (TPSA) is 92.3 Å². The number of sulfonamides is 1. The van der Waals surface area contributed by atoms with Gasteiger partial charge >= 0.3 is 6.18 Å². The lowest BCUT2D eigenvalue weighted by atomic mass is 10.2. The summed E-state index contributed by atoms with van der Waals surface area (Å²) in [5.74, 6) is -0.532. The van der Waals surface area contributed by atoms with Crippen molar-refractivity contribution in [3.05, 3.63) is 64.6 Å². The Morgan fingerprint density at radius 2 is 1.57 bits per heavy atom. The quantitative estimate of drug-likeness (QED) is 0.722. The van der Waals surface area contributed by atoms with E-state index in [1.54, 1.807) is 0 Å². The van der Waals surface area contributed by atoms with E-state index in [1.165, 1.54) is 30.3 Å². The van der Waals surface area contributed by atoms with Crippen molar-refractivity contribution in [1.29, 1.82) is 0 Å². The maximum Gasteiger partial charge on any atom is 0.416 e. The first kappa shape index (κ1) is 20.0. The van der Waals surface area contributed by atoms with E-state index in [0.717, 1.165) is 36.0 Å². The normalized spacial score (nSPS) is 16.3. The van der Waals surface area contributed by atoms with E-state index < -0.39 is 32.9 Å². The number of rotatable bonds is 4. The lowest BCUT2D eigenvalue weighted by Crippen LogP contribution is -2.17. The first-order valence-electron chi connectivity index (χ1n) is 7.60. The minimum absolute atomic E-state index is 0.0169. The molecule has 0 bridgehead atoms. The largest absolute Gasteiger partial charge is 0.416 e. The lowest BCUT2D eigenvalue weighted by Gasteiger charge is -2.10. The number of hydrogen-bond acceptors (Lipinski definition) is 5. The highest BCUT2D eigenvalue weighted by atomic mass is 32.2. The second-order valence-corrected chi connectivity index (χ2v) is 8.30. The highest BCUT2D eigenvalue weighted by molar-refractivity contribution is 8.18. The Balaban J connectivity index is 1.76. The van der Waals surface area contributed by atoms with E-state index in [-0.39, 0.29) is 15.5 Å². The molecule has 6 nitrogen and oxygen atoms in total. The second-order valence-electron chi connectivity index (χ2n) is 5.60. The summed E-state index contributed by atoms with van der Waals surface area (Å²) < 4.78 is 64.6. The summed E-state index contributed by atoms with van der Waals surface area (Å²) >= 11 is 0.734. The van der Waals surface area contributed by atoms with Crippen LogP contribution in [0.1, 0.15) is 11.1 Å². The Morgan fingerprint density at radius 1 is 0.964 bits per heavy atom. The molecule has 1 saturated heterocycles. The Hall–Kier alpha value is -2.79. The molecule has 1 heterocycles. The molecule has 2 N–H and O–H groups in total. The lowest BCUT2D eigenvalue weighted by molar-refractivity contribution is -0.137. The molecular formula is C17H11F3N2O4S2. The van der Waals surface area contributed by atoms with Crippen molar-refractivity contribution in [2.24, 2.45) is 0 Å². The smallest absolute Gasteiger partial charge is 0.282 e. The number of carbonyl (C=O) groups is 2. The standard InChI is InChI=1S/C17H11F3N2O4S2/c18-17(19,20)11-3-5-12(6-4-11)22-28(25,26)13-7-1-10(2-8-13)9-14-15(23)21-16(24)27-14/h1-9,22H,(H,21,23,24)/b14-9+. The van der Waals surface area contributed by atoms with Crippen LogP contribution in [0, 0.1) is 0 Å². The highest BCUT2D eigenvalue weighted by Gasteiger charge is 2.30. The molecular weight excluding hydrogens is 417 g/mol. The van der Waals surface area contributed by atoms with Crippen molar-refractivity contribution in [3.63, 3.8) is 0 Å². The molecule has 0 spiro atoms. The van der Waals surface area contributed by atoms with Crippen LogP contribution in [-0.4, -0.2) is 19.6 Å². The number of alkyl halides is 3. The van der Waals surface area contributed by atoms with Gasteiger partial charge in [-0.3, -0.25) is 19.6 Å². The fourth-order valence-electron chi connectivity index (χ4n) is 2.26. The zero-order valence-electron chi connectivity index (χ0n) is 13.8. The average Bonchev–Trinajstić information content (AvgIpc) is 2.92. The van der Waals surface area contributed by atoms with E-state index in [2.05, 4.69) is 10.0 Å². The predicted molar refractivity (Wildman–Crippen MR) is 97.8 cm³/mol. The molecule has 0 saturated carbocycles. The van der Waals surface area contributed by atoms with Crippen molar-refractivity contribution >= 4 is 44.7 Å². The number of nitrogens with one attached hydrogen (secondary N) is 2. The maximum absolute atomic E-state index is 12.6. The molecule has 2 aromatic rings. The first-order chi connectivity index (χ1) is 13.0. The SMILES string of the molecule is O=C1NC(=O)/C(=C\c2ccc(S(=O)(=O)Nc3ccc(C(F)(F)F)cc3)cc2)S1. The van der Waals surface area contributed by atoms with Gasteiger partial charge in [-0.05, 0) is 59.8 Å². The molecule has 0 aliphatic carbocycles. The fraction of sp³-hybridized carbons (Fsp3) is 0.0588. The molecule has 1 aliphatic rings. The number of anilines is 1. The van der Waals surface area contributed by atoms with Gasteiger partial charge in [0, 0.05) is 5.69 Å². The van der Waals surface area contributed by atoms with Gasteiger partial charge in [0.05, 0.1) is 15.4 Å². The van der Waals surface area contributed by atoms with Crippen LogP contribution < -0.4 is 10.0 Å². The summed E-state index contributed by atoms with van der Waals surface area (Å²) in [4.78, 5) is 22.7. The molecule has 146 valence electrons. The number of halogens is 3. The number of benzene rings is 2. The Morgan fingerprint density at radius 3 is 2.07 bits per heavy atom. The zero-order chi connectivity index (χ0) is 20.5. The van der Waals surface area contributed by atoms with Gasteiger partial charge in [-0.15, -0.1) is 0 Å². The minimum atomic E-state index is -4.51. The van der Waals surface area contributed by atoms with Crippen molar-refractivity contribution in [2.75, 3.05) is 4.72 Å². The predicted octanol–water partition coefficient (Wildman–Crippen LogP) is 3.83. The van der Waals surface area contributed by atoms with Crippen molar-refractivity contribution < 1.29 is 31.2 Å². The van der Waals surface area contributed by atoms with E-state index in [0.29, 0.717) is 5.56 Å². The van der Waals surface area contributed by atoms with Crippen molar-refractivity contribution in [3.8, 4) is 0 Å². The van der Waals surface area contributed by atoms with Crippen LogP contribution in [-0.2, 0) is 21.0 Å². The summed E-state index contributed by atoms with van der Waals surface area (Å²) in [5.41, 5.74) is -0.405. The molecule has 0 unspecified atom stereocenters. The molecule has 11 heteroatoms. The van der Waals surface area contributed by atoms with Crippen LogP contribution in [0.4, 0.5) is 23.7 Å². The molecule has 2 aromatic carbocycles. The van der Waals surface area contributed by atoms with Crippen LogP contribution in [0.5, 0.6) is 0 Å². The van der Waals surface area contributed by atoms with Gasteiger partial charge in [-0.25, -0.2) is 8.42 Å². The molecule has 1 aliphatic heterocycles. The molecule has 0 atom stereocenters. The summed E-state index contributed by atoms with van der Waals surface area (Å²) in [6, 6.07) is 9.02. The van der Waals surface area contributed by atoms with Crippen molar-refractivity contribution in [2.45, 2.75) is 11.1 Å². The first-order valence-corrected chi connectivity index (χ1v) is 9.89. The molecule has 0 aromatic heterocycles. The second kappa shape index (κ2) is 7.32. The van der Waals surface area contributed by atoms with Gasteiger partial charge in [-0.1, -0.05) is 12.1 Å². The summed E-state index contributed by atoms with van der Waals surface area (Å²) in [6.45, 7) is 0. The third kappa shape index (κ3) is 4.54. The summed E-state index contributed by atoms with van der Waals surface area (Å²) in [5, 5.41) is 1.61. The average molecular weight is 428 g/mol. The number of imide groups is 1. The molecule has 2 amide bonds. The molecule has 1 fully saturated rings. The molecule has 0 radical (unpaired) electrons. The Kier molecular flexibility index (Phi) is 5.22. The minimum Gasteiger partial charge on any atom is -0.282 e. The van der Waals surface area contributed by atoms with Crippen LogP contribution >= 0.6 is 11.8 Å². The fourth-order valence-corrected chi connectivity index (χ4v) is 4.00. The van der Waals surface area contributed by atoms with Gasteiger partial charge in [0.25, 0.3) is 21.2 Å². The zero-order valence-corrected chi connectivity index (χ0v) is 15.4. The Labute approximate surface area is 161 Å². The number of carbonyl (C=O) groups excluding carboxylic acids is 2. The third-order valence-corrected chi connectivity index (χ3v) is 5.80. The number of amides is 2. The van der Waals surface area contributed by atoms with Gasteiger partial charge in [-0.2, -0.15) is 13.2 Å². The van der Waals surface area contributed by atoms with Gasteiger partial charge in [0.15, 0.2) is 0 Å². The van der Waals surface area contributed by atoms with Crippen LogP contribution in [0.15, 0.2) is 58.3 Å². The molecule has 3 rings (SSSR count). The van der Waals surface area contributed by atoms with Crippen LogP contribution in [0.25, 0.3) is 6.08 Å². The van der Waals surface area contributed by atoms with Gasteiger partial charge < -0.3 is 0 Å². The van der Waals surface area contributed by atoms with Gasteiger partial charge in [0.2, 0.25) is 0 Å². The Bertz CT molecular complexity index is 1060. The number of hydrogen-bond donors (Lipinski definition) is 2. The van der Waals surface area contributed by atoms with E-state index >= 15 is 0 Å². The van der Waals surface area contributed by atoms with Crippen molar-refractivity contribution in [1.82, 2.24) is 5.32 Å². The highest BCUT2D eigenvalue weighted by Crippen LogP contribution is 2.30. The van der Waals surface area contributed by atoms with E-state index in [4.69, 9.17) is 0 Å².